The zero-order valence-corrected chi connectivity index (χ0v) is 11.9. The van der Waals surface area contributed by atoms with E-state index in [0.717, 1.165) is 11.3 Å². The quantitative estimate of drug-likeness (QED) is 0.684. The van der Waals surface area contributed by atoms with E-state index in [4.69, 9.17) is 5.26 Å². The molecule has 0 saturated carbocycles. The Morgan fingerprint density at radius 1 is 1.35 bits per heavy atom. The Kier molecular flexibility index (Phi) is 4.70. The second-order valence-corrected chi connectivity index (χ2v) is 5.17. The molecule has 0 unspecified atom stereocenters. The highest BCUT2D eigenvalue weighted by molar-refractivity contribution is 7.10. The number of nitrogens with one attached hydrogen (secondary N) is 1. The third kappa shape index (κ3) is 3.56. The predicted octanol–water partition coefficient (Wildman–Crippen LogP) is 3.86. The fourth-order valence-electron chi connectivity index (χ4n) is 1.69. The van der Waals surface area contributed by atoms with Gasteiger partial charge in [-0.25, -0.2) is 0 Å². The van der Waals surface area contributed by atoms with Gasteiger partial charge >= 0.3 is 0 Å². The van der Waals surface area contributed by atoms with Crippen molar-refractivity contribution in [3.63, 3.8) is 0 Å². The Hall–Kier alpha value is -2.38. The van der Waals surface area contributed by atoms with Gasteiger partial charge in [0.25, 0.3) is 5.91 Å². The second-order valence-electron chi connectivity index (χ2n) is 4.19. The van der Waals surface area contributed by atoms with Crippen LogP contribution in [-0.2, 0) is 11.2 Å². The number of hydrogen-bond acceptors (Lipinski definition) is 3. The van der Waals surface area contributed by atoms with Crippen molar-refractivity contribution in [2.75, 3.05) is 5.32 Å². The maximum absolute atomic E-state index is 12.0. The molecule has 2 rings (SSSR count). The fourth-order valence-corrected chi connectivity index (χ4v) is 2.34. The summed E-state index contributed by atoms with van der Waals surface area (Å²) in [5.41, 5.74) is 2.00. The van der Waals surface area contributed by atoms with Crippen LogP contribution in [0.25, 0.3) is 6.08 Å². The summed E-state index contributed by atoms with van der Waals surface area (Å²) in [6.07, 6.45) is 2.55. The zero-order valence-electron chi connectivity index (χ0n) is 11.1. The number of nitrogens with zero attached hydrogens (tertiary/aromatic N) is 1. The SMILES string of the molecule is CCc1ccc(NC(=O)/C(C#N)=C/c2cccs2)cc1. The van der Waals surface area contributed by atoms with Crippen LogP contribution < -0.4 is 5.32 Å². The Labute approximate surface area is 122 Å². The van der Waals surface area contributed by atoms with Crippen LogP contribution in [0, 0.1) is 11.3 Å². The lowest BCUT2D eigenvalue weighted by Gasteiger charge is -2.05. The summed E-state index contributed by atoms with van der Waals surface area (Å²) in [6, 6.07) is 13.3. The summed E-state index contributed by atoms with van der Waals surface area (Å²) in [7, 11) is 0. The van der Waals surface area contributed by atoms with Gasteiger partial charge < -0.3 is 5.32 Å². The molecule has 0 aliphatic carbocycles. The number of anilines is 1. The average Bonchev–Trinajstić information content (AvgIpc) is 2.98. The first-order chi connectivity index (χ1) is 9.72. The van der Waals surface area contributed by atoms with E-state index in [0.29, 0.717) is 5.69 Å². The molecule has 0 aliphatic heterocycles. The number of benzene rings is 1. The van der Waals surface area contributed by atoms with Gasteiger partial charge in [0.05, 0.1) is 0 Å². The van der Waals surface area contributed by atoms with Crippen LogP contribution in [0.15, 0.2) is 47.4 Å². The van der Waals surface area contributed by atoms with Crippen LogP contribution in [0.2, 0.25) is 0 Å². The molecule has 20 heavy (non-hydrogen) atoms. The molecule has 1 N–H and O–H groups in total. The summed E-state index contributed by atoms with van der Waals surface area (Å²) in [6.45, 7) is 2.07. The Balaban J connectivity index is 2.11. The molecular weight excluding hydrogens is 268 g/mol. The van der Waals surface area contributed by atoms with Crippen LogP contribution >= 0.6 is 11.3 Å². The van der Waals surface area contributed by atoms with Crippen molar-refractivity contribution >= 4 is 29.0 Å². The number of amides is 1. The van der Waals surface area contributed by atoms with E-state index in [-0.39, 0.29) is 11.5 Å². The van der Waals surface area contributed by atoms with Crippen molar-refractivity contribution in [3.8, 4) is 6.07 Å². The molecule has 4 heteroatoms. The largest absolute Gasteiger partial charge is 0.321 e. The van der Waals surface area contributed by atoms with E-state index in [1.807, 2.05) is 47.8 Å². The van der Waals surface area contributed by atoms with Crippen LogP contribution in [0.3, 0.4) is 0 Å². The molecule has 1 aromatic carbocycles. The van der Waals surface area contributed by atoms with Gasteiger partial charge in [-0.2, -0.15) is 5.26 Å². The molecule has 1 aromatic heterocycles. The molecule has 0 radical (unpaired) electrons. The maximum Gasteiger partial charge on any atom is 0.266 e. The van der Waals surface area contributed by atoms with Crippen molar-refractivity contribution in [1.29, 1.82) is 5.26 Å². The van der Waals surface area contributed by atoms with Gasteiger partial charge in [0.2, 0.25) is 0 Å². The van der Waals surface area contributed by atoms with Crippen LogP contribution in [-0.4, -0.2) is 5.91 Å². The molecule has 0 fully saturated rings. The number of hydrogen-bond donors (Lipinski definition) is 1. The number of aryl methyl sites for hydroxylation is 1. The van der Waals surface area contributed by atoms with Gasteiger partial charge in [-0.15, -0.1) is 11.3 Å². The highest BCUT2D eigenvalue weighted by atomic mass is 32.1. The van der Waals surface area contributed by atoms with Crippen LogP contribution in [0.5, 0.6) is 0 Å². The minimum atomic E-state index is -0.384. The zero-order chi connectivity index (χ0) is 14.4. The standard InChI is InChI=1S/C16H14N2OS/c1-2-12-5-7-14(8-6-12)18-16(19)13(11-17)10-15-4-3-9-20-15/h3-10H,2H2,1H3,(H,18,19)/b13-10+. The highest BCUT2D eigenvalue weighted by Gasteiger charge is 2.09. The summed E-state index contributed by atoms with van der Waals surface area (Å²) < 4.78 is 0. The van der Waals surface area contributed by atoms with E-state index < -0.39 is 0 Å². The van der Waals surface area contributed by atoms with E-state index in [9.17, 15) is 4.79 Å². The van der Waals surface area contributed by atoms with Crippen LogP contribution in [0.1, 0.15) is 17.4 Å². The van der Waals surface area contributed by atoms with Gasteiger partial charge in [0, 0.05) is 10.6 Å². The molecule has 100 valence electrons. The lowest BCUT2D eigenvalue weighted by atomic mass is 10.1. The highest BCUT2D eigenvalue weighted by Crippen LogP contribution is 2.15. The third-order valence-corrected chi connectivity index (χ3v) is 3.63. The first-order valence-electron chi connectivity index (χ1n) is 6.28. The van der Waals surface area contributed by atoms with Crippen molar-refractivity contribution < 1.29 is 4.79 Å². The maximum atomic E-state index is 12.0. The summed E-state index contributed by atoms with van der Waals surface area (Å²) in [5, 5.41) is 13.7. The number of thiophene rings is 1. The molecule has 0 saturated heterocycles. The van der Waals surface area contributed by atoms with E-state index >= 15 is 0 Å². The molecule has 1 amide bonds. The lowest BCUT2D eigenvalue weighted by Crippen LogP contribution is -2.13. The third-order valence-electron chi connectivity index (χ3n) is 2.81. The van der Waals surface area contributed by atoms with Crippen molar-refractivity contribution in [2.45, 2.75) is 13.3 Å². The molecule has 1 heterocycles. The van der Waals surface area contributed by atoms with Gasteiger partial charge in [-0.05, 0) is 41.6 Å². The Bertz CT molecular complexity index is 649. The molecule has 0 aliphatic rings. The van der Waals surface area contributed by atoms with E-state index in [1.54, 1.807) is 6.08 Å². The predicted molar refractivity (Wildman–Crippen MR) is 82.4 cm³/mol. The topological polar surface area (TPSA) is 52.9 Å². The van der Waals surface area contributed by atoms with Crippen molar-refractivity contribution in [1.82, 2.24) is 0 Å². The van der Waals surface area contributed by atoms with Crippen LogP contribution in [0.4, 0.5) is 5.69 Å². The first kappa shape index (κ1) is 14.0. The number of rotatable bonds is 4. The van der Waals surface area contributed by atoms with Gasteiger partial charge in [0.1, 0.15) is 11.6 Å². The molecule has 0 spiro atoms. The number of nitriles is 1. The molecular formula is C16H14N2OS. The monoisotopic (exact) mass is 282 g/mol. The minimum absolute atomic E-state index is 0.104. The van der Waals surface area contributed by atoms with E-state index in [2.05, 4.69) is 12.2 Å². The van der Waals surface area contributed by atoms with E-state index in [1.165, 1.54) is 16.9 Å². The van der Waals surface area contributed by atoms with Crippen molar-refractivity contribution in [2.24, 2.45) is 0 Å². The van der Waals surface area contributed by atoms with Gasteiger partial charge in [0.15, 0.2) is 0 Å². The molecule has 0 bridgehead atoms. The number of carbonyl (C=O) groups excluding carboxylic acids is 1. The average molecular weight is 282 g/mol. The molecule has 0 atom stereocenters. The summed E-state index contributed by atoms with van der Waals surface area (Å²) in [4.78, 5) is 12.9. The molecule has 2 aromatic rings. The second kappa shape index (κ2) is 6.69. The summed E-state index contributed by atoms with van der Waals surface area (Å²) >= 11 is 1.49. The summed E-state index contributed by atoms with van der Waals surface area (Å²) in [5.74, 6) is -0.384. The molecule has 3 nitrogen and oxygen atoms in total. The lowest BCUT2D eigenvalue weighted by molar-refractivity contribution is -0.112. The first-order valence-corrected chi connectivity index (χ1v) is 7.16. The van der Waals surface area contributed by atoms with Gasteiger partial charge in [-0.1, -0.05) is 25.1 Å². The Morgan fingerprint density at radius 3 is 2.65 bits per heavy atom. The Morgan fingerprint density at radius 2 is 2.10 bits per heavy atom. The minimum Gasteiger partial charge on any atom is -0.321 e. The van der Waals surface area contributed by atoms with Gasteiger partial charge in [-0.3, -0.25) is 4.79 Å². The number of carbonyl (C=O) groups is 1. The smallest absolute Gasteiger partial charge is 0.266 e. The fraction of sp³-hybridized carbons (Fsp3) is 0.125. The van der Waals surface area contributed by atoms with Crippen molar-refractivity contribution in [3.05, 3.63) is 57.8 Å². The normalized spacial score (nSPS) is 10.9.